The second-order valence-electron chi connectivity index (χ2n) is 3.65. The predicted molar refractivity (Wildman–Crippen MR) is 56.0 cm³/mol. The maximum Gasteiger partial charge on any atom is 0.0962 e. The molecule has 0 amide bonds. The maximum atomic E-state index is 5.69. The van der Waals surface area contributed by atoms with E-state index in [-0.39, 0.29) is 0 Å². The second kappa shape index (κ2) is 3.76. The normalized spacial score (nSPS) is 16.5. The van der Waals surface area contributed by atoms with E-state index in [1.54, 1.807) is 0 Å². The summed E-state index contributed by atoms with van der Waals surface area (Å²) < 4.78 is 0. The summed E-state index contributed by atoms with van der Waals surface area (Å²) in [6.07, 6.45) is 4.93. The van der Waals surface area contributed by atoms with Gasteiger partial charge in [0.15, 0.2) is 0 Å². The Balaban J connectivity index is 2.20. The van der Waals surface area contributed by atoms with E-state index in [0.29, 0.717) is 6.54 Å². The van der Waals surface area contributed by atoms with E-state index in [4.69, 9.17) is 5.73 Å². The average Bonchev–Trinajstić information content (AvgIpc) is 2.90. The lowest BCUT2D eigenvalue weighted by Crippen LogP contribution is -1.97. The number of hydrogen-bond donors (Lipinski definition) is 1. The highest BCUT2D eigenvalue weighted by Crippen LogP contribution is 2.42. The molecule has 0 spiro atoms. The molecule has 1 aliphatic rings. The van der Waals surface area contributed by atoms with E-state index in [0.717, 1.165) is 12.3 Å². The predicted octanol–water partition coefficient (Wildman–Crippen LogP) is 2.43. The first-order valence-electron chi connectivity index (χ1n) is 5.03. The molecule has 0 bridgehead atoms. The van der Waals surface area contributed by atoms with Crippen LogP contribution in [0.25, 0.3) is 0 Å². The van der Waals surface area contributed by atoms with Crippen LogP contribution in [0.4, 0.5) is 0 Å². The van der Waals surface area contributed by atoms with E-state index < -0.39 is 0 Å². The van der Waals surface area contributed by atoms with Crippen LogP contribution >= 0.6 is 11.3 Å². The first kappa shape index (κ1) is 9.16. The van der Waals surface area contributed by atoms with Gasteiger partial charge < -0.3 is 5.73 Å². The Morgan fingerprint density at radius 2 is 2.31 bits per heavy atom. The molecule has 0 saturated heterocycles. The highest BCUT2D eigenvalue weighted by molar-refractivity contribution is 7.11. The van der Waals surface area contributed by atoms with Crippen molar-refractivity contribution in [2.75, 3.05) is 0 Å². The van der Waals surface area contributed by atoms with Gasteiger partial charge in [-0.05, 0) is 19.3 Å². The van der Waals surface area contributed by atoms with Crippen molar-refractivity contribution in [3.05, 3.63) is 15.6 Å². The van der Waals surface area contributed by atoms with Crippen molar-refractivity contribution >= 4 is 11.3 Å². The molecule has 1 saturated carbocycles. The zero-order valence-electron chi connectivity index (χ0n) is 8.05. The average molecular weight is 196 g/mol. The number of aromatic nitrogens is 1. The Bertz CT molecular complexity index is 289. The summed E-state index contributed by atoms with van der Waals surface area (Å²) in [5.74, 6) is 0.779. The highest BCUT2D eigenvalue weighted by Gasteiger charge is 2.27. The van der Waals surface area contributed by atoms with E-state index in [1.165, 1.54) is 34.8 Å². The van der Waals surface area contributed by atoms with Crippen molar-refractivity contribution in [2.45, 2.75) is 45.1 Å². The molecule has 13 heavy (non-hydrogen) atoms. The van der Waals surface area contributed by atoms with Crippen LogP contribution in [-0.4, -0.2) is 4.98 Å². The molecule has 2 N–H and O–H groups in total. The molecule has 1 aromatic heterocycles. The first-order chi connectivity index (χ1) is 6.35. The molecule has 1 heterocycles. The van der Waals surface area contributed by atoms with Crippen LogP contribution < -0.4 is 5.73 Å². The zero-order valence-corrected chi connectivity index (χ0v) is 8.86. The number of nitrogens with two attached hydrogens (primary N) is 1. The number of hydrogen-bond acceptors (Lipinski definition) is 3. The molecule has 2 nitrogen and oxygen atoms in total. The molecule has 3 heteroatoms. The molecule has 0 radical (unpaired) electrons. The molecule has 1 aromatic rings. The number of thiazole rings is 1. The third kappa shape index (κ3) is 1.92. The lowest BCUT2D eigenvalue weighted by molar-refractivity contribution is 0.860. The van der Waals surface area contributed by atoms with Crippen molar-refractivity contribution in [1.82, 2.24) is 4.98 Å². The van der Waals surface area contributed by atoms with Crippen LogP contribution in [-0.2, 0) is 13.0 Å². The van der Waals surface area contributed by atoms with Crippen LogP contribution in [0.3, 0.4) is 0 Å². The van der Waals surface area contributed by atoms with Gasteiger partial charge in [-0.1, -0.05) is 13.3 Å². The van der Waals surface area contributed by atoms with Crippen molar-refractivity contribution in [1.29, 1.82) is 0 Å². The maximum absolute atomic E-state index is 5.69. The molecular weight excluding hydrogens is 180 g/mol. The third-order valence-corrected chi connectivity index (χ3v) is 3.68. The van der Waals surface area contributed by atoms with E-state index >= 15 is 0 Å². The number of aryl methyl sites for hydroxylation is 1. The summed E-state index contributed by atoms with van der Waals surface area (Å²) >= 11 is 1.83. The van der Waals surface area contributed by atoms with Crippen LogP contribution in [0.1, 0.15) is 47.7 Å². The summed E-state index contributed by atoms with van der Waals surface area (Å²) in [5, 5.41) is 1.34. The van der Waals surface area contributed by atoms with Gasteiger partial charge in [0.05, 0.1) is 10.7 Å². The smallest absolute Gasteiger partial charge is 0.0962 e. The summed E-state index contributed by atoms with van der Waals surface area (Å²) in [5.41, 5.74) is 6.95. The molecule has 0 unspecified atom stereocenters. The zero-order chi connectivity index (χ0) is 9.26. The second-order valence-corrected chi connectivity index (χ2v) is 4.77. The van der Waals surface area contributed by atoms with Gasteiger partial charge in [0.1, 0.15) is 0 Å². The largest absolute Gasteiger partial charge is 0.326 e. The fraction of sp³-hybridized carbons (Fsp3) is 0.700. The van der Waals surface area contributed by atoms with Gasteiger partial charge in [-0.15, -0.1) is 11.3 Å². The van der Waals surface area contributed by atoms with Gasteiger partial charge in [-0.25, -0.2) is 4.98 Å². The third-order valence-electron chi connectivity index (χ3n) is 2.39. The van der Waals surface area contributed by atoms with Crippen molar-refractivity contribution in [2.24, 2.45) is 5.73 Å². The van der Waals surface area contributed by atoms with E-state index in [1.807, 2.05) is 11.3 Å². The Kier molecular flexibility index (Phi) is 2.65. The van der Waals surface area contributed by atoms with Crippen LogP contribution in [0.5, 0.6) is 0 Å². The Morgan fingerprint density at radius 3 is 2.85 bits per heavy atom. The van der Waals surface area contributed by atoms with Gasteiger partial charge in [-0.2, -0.15) is 0 Å². The van der Waals surface area contributed by atoms with Crippen LogP contribution in [0.15, 0.2) is 0 Å². The minimum absolute atomic E-state index is 0.666. The first-order valence-corrected chi connectivity index (χ1v) is 5.85. The molecule has 1 fully saturated rings. The van der Waals surface area contributed by atoms with E-state index in [9.17, 15) is 0 Å². The monoisotopic (exact) mass is 196 g/mol. The minimum Gasteiger partial charge on any atom is -0.326 e. The molecule has 72 valence electrons. The molecule has 1 aliphatic carbocycles. The van der Waals surface area contributed by atoms with Gasteiger partial charge >= 0.3 is 0 Å². The standard InChI is InChI=1S/C10H16N2S/c1-2-3-8-9(6-11)13-10(12-8)7-4-5-7/h7H,2-6,11H2,1H3. The van der Waals surface area contributed by atoms with Gasteiger partial charge in [0, 0.05) is 17.3 Å². The van der Waals surface area contributed by atoms with Crippen molar-refractivity contribution in [3.63, 3.8) is 0 Å². The van der Waals surface area contributed by atoms with E-state index in [2.05, 4.69) is 11.9 Å². The molecule has 2 rings (SSSR count). The van der Waals surface area contributed by atoms with Crippen LogP contribution in [0.2, 0.25) is 0 Å². The van der Waals surface area contributed by atoms with Gasteiger partial charge in [0.25, 0.3) is 0 Å². The highest BCUT2D eigenvalue weighted by atomic mass is 32.1. The summed E-state index contributed by atoms with van der Waals surface area (Å²) in [6.45, 7) is 2.86. The fourth-order valence-electron chi connectivity index (χ4n) is 1.50. The van der Waals surface area contributed by atoms with Crippen molar-refractivity contribution < 1.29 is 0 Å². The molecule has 0 aliphatic heterocycles. The van der Waals surface area contributed by atoms with Gasteiger partial charge in [0.2, 0.25) is 0 Å². The Labute approximate surface area is 83.2 Å². The lowest BCUT2D eigenvalue weighted by atomic mass is 10.2. The Hall–Kier alpha value is -0.410. The Morgan fingerprint density at radius 1 is 1.54 bits per heavy atom. The van der Waals surface area contributed by atoms with Crippen molar-refractivity contribution in [3.8, 4) is 0 Å². The minimum atomic E-state index is 0.666. The quantitative estimate of drug-likeness (QED) is 0.803. The number of rotatable bonds is 4. The topological polar surface area (TPSA) is 38.9 Å². The summed E-state index contributed by atoms with van der Waals surface area (Å²) in [6, 6.07) is 0. The summed E-state index contributed by atoms with van der Waals surface area (Å²) in [4.78, 5) is 5.98. The fourth-order valence-corrected chi connectivity index (χ4v) is 2.66. The number of nitrogens with zero attached hydrogens (tertiary/aromatic N) is 1. The SMILES string of the molecule is CCCc1nc(C2CC2)sc1CN. The lowest BCUT2D eigenvalue weighted by Gasteiger charge is -1.94. The summed E-state index contributed by atoms with van der Waals surface area (Å²) in [7, 11) is 0. The van der Waals surface area contributed by atoms with Crippen LogP contribution in [0, 0.1) is 0 Å². The molecule has 0 atom stereocenters. The molecular formula is C10H16N2S. The van der Waals surface area contributed by atoms with Gasteiger partial charge in [-0.3, -0.25) is 0 Å². The molecule has 0 aromatic carbocycles.